The third-order valence-electron chi connectivity index (χ3n) is 5.22. The highest BCUT2D eigenvalue weighted by Gasteiger charge is 2.31. The van der Waals surface area contributed by atoms with Gasteiger partial charge in [0.2, 0.25) is 5.91 Å². The minimum absolute atomic E-state index is 0.0277. The molecule has 30 heavy (non-hydrogen) atoms. The summed E-state index contributed by atoms with van der Waals surface area (Å²) in [7, 11) is 0. The minimum Gasteiger partial charge on any atom is -0.448 e. The van der Waals surface area contributed by atoms with Gasteiger partial charge in [0, 0.05) is 29.5 Å². The van der Waals surface area contributed by atoms with Gasteiger partial charge in [0.1, 0.15) is 0 Å². The summed E-state index contributed by atoms with van der Waals surface area (Å²) in [6, 6.07) is 12.9. The van der Waals surface area contributed by atoms with Gasteiger partial charge in [0.15, 0.2) is 11.2 Å². The van der Waals surface area contributed by atoms with Gasteiger partial charge in [-0.1, -0.05) is 24.3 Å². The monoisotopic (exact) mass is 419 g/mol. The summed E-state index contributed by atoms with van der Waals surface area (Å²) in [6.45, 7) is 0. The zero-order chi connectivity index (χ0) is 20.7. The number of rotatable bonds is 3. The molecule has 8 heteroatoms. The molecule has 2 amide bonds. The van der Waals surface area contributed by atoms with Crippen LogP contribution in [0.1, 0.15) is 27.9 Å². The lowest BCUT2D eigenvalue weighted by atomic mass is 9.98. The largest absolute Gasteiger partial charge is 0.448 e. The SMILES string of the molecule is O=C1CCc2cc(-c3csc(NC(=O)[C@@H]4Cc5ccccc5C(=O)O4)n3)ccc2N1. The molecular formula is C22H17N3O4S. The molecule has 5 rings (SSSR count). The van der Waals surface area contributed by atoms with E-state index in [0.29, 0.717) is 30.0 Å². The van der Waals surface area contributed by atoms with Crippen LogP contribution in [0.3, 0.4) is 0 Å². The number of amides is 2. The highest BCUT2D eigenvalue weighted by atomic mass is 32.1. The van der Waals surface area contributed by atoms with E-state index in [-0.39, 0.29) is 5.91 Å². The lowest BCUT2D eigenvalue weighted by Crippen LogP contribution is -2.37. The van der Waals surface area contributed by atoms with Crippen molar-refractivity contribution in [3.05, 3.63) is 64.5 Å². The van der Waals surface area contributed by atoms with E-state index in [0.717, 1.165) is 28.1 Å². The normalized spacial score (nSPS) is 17.4. The molecule has 150 valence electrons. The molecule has 0 fully saturated rings. The Bertz CT molecular complexity index is 1190. The maximum Gasteiger partial charge on any atom is 0.339 e. The number of carbonyl (C=O) groups excluding carboxylic acids is 3. The summed E-state index contributed by atoms with van der Waals surface area (Å²) >= 11 is 1.31. The highest BCUT2D eigenvalue weighted by Crippen LogP contribution is 2.31. The summed E-state index contributed by atoms with van der Waals surface area (Å²) in [6.07, 6.45) is 0.616. The lowest BCUT2D eigenvalue weighted by molar-refractivity contribution is -0.125. The standard InChI is InChI=1S/C22H17N3O4S/c26-19-8-6-13-9-14(5-7-16(13)23-19)17-11-30-22(24-17)25-20(27)18-10-12-3-1-2-4-15(12)21(28)29-18/h1-5,7,9,11,18H,6,8,10H2,(H,23,26)(H,24,25,27)/t18-/m0/s1. The molecule has 0 radical (unpaired) electrons. The van der Waals surface area contributed by atoms with E-state index < -0.39 is 18.0 Å². The van der Waals surface area contributed by atoms with E-state index in [1.54, 1.807) is 12.1 Å². The predicted molar refractivity (Wildman–Crippen MR) is 112 cm³/mol. The van der Waals surface area contributed by atoms with Gasteiger partial charge in [-0.2, -0.15) is 0 Å². The number of hydrogen-bond donors (Lipinski definition) is 2. The smallest absolute Gasteiger partial charge is 0.339 e. The second kappa shape index (κ2) is 7.38. The average Bonchev–Trinajstić information content (AvgIpc) is 3.22. The van der Waals surface area contributed by atoms with Gasteiger partial charge in [0.05, 0.1) is 11.3 Å². The van der Waals surface area contributed by atoms with Crippen molar-refractivity contribution in [2.24, 2.45) is 0 Å². The molecule has 1 aromatic heterocycles. The van der Waals surface area contributed by atoms with E-state index in [4.69, 9.17) is 4.74 Å². The first-order chi connectivity index (χ1) is 14.6. The highest BCUT2D eigenvalue weighted by molar-refractivity contribution is 7.14. The summed E-state index contributed by atoms with van der Waals surface area (Å²) in [5.74, 6) is -0.857. The van der Waals surface area contributed by atoms with Gasteiger partial charge in [-0.15, -0.1) is 11.3 Å². The molecule has 3 aromatic rings. The second-order valence-corrected chi connectivity index (χ2v) is 8.06. The number of aryl methyl sites for hydroxylation is 1. The average molecular weight is 419 g/mol. The molecule has 0 aliphatic carbocycles. The molecule has 3 heterocycles. The van der Waals surface area contributed by atoms with E-state index in [1.165, 1.54) is 11.3 Å². The summed E-state index contributed by atoms with van der Waals surface area (Å²) < 4.78 is 5.30. The maximum atomic E-state index is 12.6. The van der Waals surface area contributed by atoms with Crippen molar-refractivity contribution in [2.45, 2.75) is 25.4 Å². The van der Waals surface area contributed by atoms with Crippen molar-refractivity contribution >= 4 is 39.9 Å². The van der Waals surface area contributed by atoms with Crippen LogP contribution in [0.15, 0.2) is 47.8 Å². The number of fused-ring (bicyclic) bond motifs is 2. The number of thiazole rings is 1. The zero-order valence-corrected chi connectivity index (χ0v) is 16.6. The molecule has 1 atom stereocenters. The molecule has 0 saturated carbocycles. The molecule has 0 unspecified atom stereocenters. The molecule has 2 aromatic carbocycles. The lowest BCUT2D eigenvalue weighted by Gasteiger charge is -2.23. The first-order valence-corrected chi connectivity index (χ1v) is 10.4. The Balaban J connectivity index is 1.30. The van der Waals surface area contributed by atoms with Gasteiger partial charge >= 0.3 is 5.97 Å². The summed E-state index contributed by atoms with van der Waals surface area (Å²) in [5.41, 5.74) is 4.86. The van der Waals surface area contributed by atoms with E-state index >= 15 is 0 Å². The van der Waals surface area contributed by atoms with Gasteiger partial charge in [-0.25, -0.2) is 9.78 Å². The van der Waals surface area contributed by atoms with Crippen LogP contribution in [-0.4, -0.2) is 28.9 Å². The van der Waals surface area contributed by atoms with Crippen LogP contribution < -0.4 is 10.6 Å². The number of hydrogen-bond acceptors (Lipinski definition) is 6. The number of aromatic nitrogens is 1. The second-order valence-electron chi connectivity index (χ2n) is 7.20. The number of cyclic esters (lactones) is 1. The number of ether oxygens (including phenoxy) is 1. The van der Waals surface area contributed by atoms with Crippen molar-refractivity contribution < 1.29 is 19.1 Å². The van der Waals surface area contributed by atoms with Gasteiger partial charge < -0.3 is 10.1 Å². The van der Waals surface area contributed by atoms with E-state index in [2.05, 4.69) is 15.6 Å². The molecular weight excluding hydrogens is 402 g/mol. The molecule has 0 bridgehead atoms. The molecule has 0 saturated heterocycles. The molecule has 0 spiro atoms. The first kappa shape index (κ1) is 18.5. The Hall–Kier alpha value is -3.52. The van der Waals surface area contributed by atoms with Crippen molar-refractivity contribution in [1.82, 2.24) is 4.98 Å². The third kappa shape index (κ3) is 3.46. The van der Waals surface area contributed by atoms with Crippen molar-refractivity contribution in [2.75, 3.05) is 10.6 Å². The fourth-order valence-electron chi connectivity index (χ4n) is 3.67. The predicted octanol–water partition coefficient (Wildman–Crippen LogP) is 3.42. The quantitative estimate of drug-likeness (QED) is 0.634. The number of benzene rings is 2. The van der Waals surface area contributed by atoms with Crippen molar-refractivity contribution in [3.63, 3.8) is 0 Å². The fraction of sp³-hybridized carbons (Fsp3) is 0.182. The Morgan fingerprint density at radius 1 is 1.13 bits per heavy atom. The summed E-state index contributed by atoms with van der Waals surface area (Å²) in [4.78, 5) is 40.8. The number of nitrogens with one attached hydrogen (secondary N) is 2. The zero-order valence-electron chi connectivity index (χ0n) is 15.8. The van der Waals surface area contributed by atoms with Gasteiger partial charge in [-0.3, -0.25) is 14.9 Å². The maximum absolute atomic E-state index is 12.6. The third-order valence-corrected chi connectivity index (χ3v) is 5.97. The van der Waals surface area contributed by atoms with E-state index in [9.17, 15) is 14.4 Å². The number of anilines is 2. The molecule has 2 aliphatic rings. The topological polar surface area (TPSA) is 97.4 Å². The van der Waals surface area contributed by atoms with Crippen LogP contribution in [0.2, 0.25) is 0 Å². The Labute approximate surface area is 176 Å². The van der Waals surface area contributed by atoms with Crippen molar-refractivity contribution in [3.8, 4) is 11.3 Å². The summed E-state index contributed by atoms with van der Waals surface area (Å²) in [5, 5.41) is 7.92. The Morgan fingerprint density at radius 3 is 2.90 bits per heavy atom. The van der Waals surface area contributed by atoms with Gasteiger partial charge in [-0.05, 0) is 35.7 Å². The fourth-order valence-corrected chi connectivity index (χ4v) is 4.39. The number of nitrogens with zero attached hydrogens (tertiary/aromatic N) is 1. The van der Waals surface area contributed by atoms with Crippen LogP contribution >= 0.6 is 11.3 Å². The molecule has 2 aliphatic heterocycles. The van der Waals surface area contributed by atoms with Crippen molar-refractivity contribution in [1.29, 1.82) is 0 Å². The number of esters is 1. The Kier molecular flexibility index (Phi) is 4.55. The molecule has 2 N–H and O–H groups in total. The molecule has 7 nitrogen and oxygen atoms in total. The van der Waals surface area contributed by atoms with Crippen LogP contribution in [0.5, 0.6) is 0 Å². The van der Waals surface area contributed by atoms with Gasteiger partial charge in [0.25, 0.3) is 5.91 Å². The first-order valence-electron chi connectivity index (χ1n) is 9.55. The van der Waals surface area contributed by atoms with Crippen LogP contribution in [0.25, 0.3) is 11.3 Å². The number of carbonyl (C=O) groups is 3. The van der Waals surface area contributed by atoms with Crippen LogP contribution in [0.4, 0.5) is 10.8 Å². The van der Waals surface area contributed by atoms with Crippen LogP contribution in [-0.2, 0) is 27.2 Å². The van der Waals surface area contributed by atoms with E-state index in [1.807, 2.05) is 35.7 Å². The Morgan fingerprint density at radius 2 is 2.00 bits per heavy atom. The minimum atomic E-state index is -0.882. The van der Waals surface area contributed by atoms with Crippen LogP contribution in [0, 0.1) is 0 Å².